The van der Waals surface area contributed by atoms with E-state index in [9.17, 15) is 18.0 Å². The van der Waals surface area contributed by atoms with Crippen molar-refractivity contribution in [2.45, 2.75) is 31.7 Å². The van der Waals surface area contributed by atoms with Crippen molar-refractivity contribution in [3.05, 3.63) is 71.3 Å². The van der Waals surface area contributed by atoms with E-state index in [-0.39, 0.29) is 13.0 Å². The van der Waals surface area contributed by atoms with Crippen LogP contribution in [0.2, 0.25) is 0 Å². The molecule has 3 nitrogen and oxygen atoms in total. The van der Waals surface area contributed by atoms with Gasteiger partial charge in [0.15, 0.2) is 0 Å². The topological polar surface area (TPSA) is 52.3 Å². The zero-order valence-electron chi connectivity index (χ0n) is 13.1. The zero-order chi connectivity index (χ0) is 17.8. The molecule has 0 saturated carbocycles. The second-order valence-corrected chi connectivity index (χ2v) is 5.85. The Bertz CT molecular complexity index is 680. The van der Waals surface area contributed by atoms with Gasteiger partial charge in [-0.05, 0) is 30.2 Å². The third-order valence-electron chi connectivity index (χ3n) is 3.53. The molecular formula is C18H18F3NO2. The molecule has 0 aliphatic heterocycles. The summed E-state index contributed by atoms with van der Waals surface area (Å²) >= 11 is 0. The molecule has 2 rings (SSSR count). The van der Waals surface area contributed by atoms with Gasteiger partial charge in [0.05, 0.1) is 5.56 Å². The van der Waals surface area contributed by atoms with Crippen molar-refractivity contribution in [2.75, 3.05) is 0 Å². The molecule has 0 aromatic heterocycles. The van der Waals surface area contributed by atoms with Gasteiger partial charge in [0.1, 0.15) is 12.1 Å². The summed E-state index contributed by atoms with van der Waals surface area (Å²) in [5.74, 6) is -0.605. The molecule has 0 aliphatic carbocycles. The second kappa shape index (κ2) is 7.05. The van der Waals surface area contributed by atoms with Crippen LogP contribution in [0.15, 0.2) is 54.6 Å². The van der Waals surface area contributed by atoms with Crippen molar-refractivity contribution in [3.63, 3.8) is 0 Å². The van der Waals surface area contributed by atoms with Crippen LogP contribution in [-0.2, 0) is 28.7 Å². The van der Waals surface area contributed by atoms with Gasteiger partial charge in [0, 0.05) is 6.42 Å². The third kappa shape index (κ3) is 4.83. The van der Waals surface area contributed by atoms with Gasteiger partial charge in [0.2, 0.25) is 0 Å². The Morgan fingerprint density at radius 3 is 2.12 bits per heavy atom. The van der Waals surface area contributed by atoms with Crippen LogP contribution in [0.5, 0.6) is 0 Å². The van der Waals surface area contributed by atoms with Crippen LogP contribution in [0.1, 0.15) is 23.6 Å². The summed E-state index contributed by atoms with van der Waals surface area (Å²) in [5, 5.41) is 0. The molecule has 0 amide bonds. The first kappa shape index (κ1) is 18.0. The highest BCUT2D eigenvalue weighted by atomic mass is 19.4. The molecule has 0 saturated heterocycles. The molecule has 0 heterocycles. The lowest BCUT2D eigenvalue weighted by Crippen LogP contribution is -2.48. The van der Waals surface area contributed by atoms with Crippen molar-refractivity contribution in [1.29, 1.82) is 0 Å². The Labute approximate surface area is 138 Å². The molecule has 128 valence electrons. The predicted octanol–water partition coefficient (Wildman–Crippen LogP) is 3.71. The normalized spacial score (nSPS) is 14.0. The maximum Gasteiger partial charge on any atom is 0.416 e. The highest BCUT2D eigenvalue weighted by molar-refractivity contribution is 5.80. The molecule has 1 unspecified atom stereocenters. The number of esters is 1. The Kier molecular flexibility index (Phi) is 5.29. The van der Waals surface area contributed by atoms with Gasteiger partial charge in [0.25, 0.3) is 0 Å². The van der Waals surface area contributed by atoms with Gasteiger partial charge >= 0.3 is 12.1 Å². The summed E-state index contributed by atoms with van der Waals surface area (Å²) < 4.78 is 42.8. The van der Waals surface area contributed by atoms with Crippen LogP contribution in [0.3, 0.4) is 0 Å². The van der Waals surface area contributed by atoms with E-state index in [1.807, 2.05) is 30.3 Å². The minimum Gasteiger partial charge on any atom is -0.459 e. The summed E-state index contributed by atoms with van der Waals surface area (Å²) in [5.41, 5.74) is 5.28. The Morgan fingerprint density at radius 1 is 1.00 bits per heavy atom. The van der Waals surface area contributed by atoms with E-state index < -0.39 is 23.2 Å². The molecule has 1 atom stereocenters. The van der Waals surface area contributed by atoms with Gasteiger partial charge < -0.3 is 10.5 Å². The Hall–Kier alpha value is -2.34. The Morgan fingerprint density at radius 2 is 1.58 bits per heavy atom. The second-order valence-electron chi connectivity index (χ2n) is 5.85. The van der Waals surface area contributed by atoms with E-state index in [4.69, 9.17) is 10.5 Å². The van der Waals surface area contributed by atoms with Crippen LogP contribution in [0.25, 0.3) is 0 Å². The maximum absolute atomic E-state index is 12.5. The summed E-state index contributed by atoms with van der Waals surface area (Å²) in [6, 6.07) is 13.7. The average Bonchev–Trinajstić information content (AvgIpc) is 2.53. The van der Waals surface area contributed by atoms with Gasteiger partial charge in [-0.1, -0.05) is 42.5 Å². The van der Waals surface area contributed by atoms with E-state index in [1.54, 1.807) is 0 Å². The van der Waals surface area contributed by atoms with Crippen molar-refractivity contribution in [3.8, 4) is 0 Å². The number of hydrogen-bond donors (Lipinski definition) is 1. The van der Waals surface area contributed by atoms with Gasteiger partial charge in [-0.15, -0.1) is 0 Å². The minimum absolute atomic E-state index is 0.0821. The van der Waals surface area contributed by atoms with Crippen molar-refractivity contribution >= 4 is 5.97 Å². The summed E-state index contributed by atoms with van der Waals surface area (Å²) in [6.07, 6.45) is -4.31. The molecule has 0 aliphatic rings. The summed E-state index contributed by atoms with van der Waals surface area (Å²) in [7, 11) is 0. The van der Waals surface area contributed by atoms with E-state index in [1.165, 1.54) is 19.1 Å². The molecule has 2 aromatic rings. The fraction of sp³-hybridized carbons (Fsp3) is 0.278. The molecular weight excluding hydrogens is 319 g/mol. The highest BCUT2D eigenvalue weighted by Gasteiger charge is 2.32. The molecule has 0 spiro atoms. The molecule has 0 fully saturated rings. The van der Waals surface area contributed by atoms with E-state index in [2.05, 4.69) is 0 Å². The lowest BCUT2D eigenvalue weighted by atomic mass is 9.93. The first-order chi connectivity index (χ1) is 11.2. The highest BCUT2D eigenvalue weighted by Crippen LogP contribution is 2.29. The lowest BCUT2D eigenvalue weighted by Gasteiger charge is -2.23. The standard InChI is InChI=1S/C18H18F3NO2/c1-17(22,16(23)24-12-14-5-3-2-4-6-14)11-13-7-9-15(10-8-13)18(19,20)21/h2-10H,11-12,22H2,1H3. The molecule has 6 heteroatoms. The summed E-state index contributed by atoms with van der Waals surface area (Å²) in [6.45, 7) is 1.59. The molecule has 24 heavy (non-hydrogen) atoms. The number of carbonyl (C=O) groups excluding carboxylic acids is 1. The van der Waals surface area contributed by atoms with E-state index in [0.29, 0.717) is 5.56 Å². The van der Waals surface area contributed by atoms with Gasteiger partial charge in [-0.25, -0.2) is 0 Å². The minimum atomic E-state index is -4.39. The monoisotopic (exact) mass is 337 g/mol. The molecule has 2 aromatic carbocycles. The first-order valence-corrected chi connectivity index (χ1v) is 7.35. The maximum atomic E-state index is 12.5. The van der Waals surface area contributed by atoms with Gasteiger partial charge in [-0.3, -0.25) is 4.79 Å². The largest absolute Gasteiger partial charge is 0.459 e. The van der Waals surface area contributed by atoms with E-state index in [0.717, 1.165) is 17.7 Å². The fourth-order valence-electron chi connectivity index (χ4n) is 2.20. The number of carbonyl (C=O) groups is 1. The molecule has 0 radical (unpaired) electrons. The number of ether oxygens (including phenoxy) is 1. The Balaban J connectivity index is 1.98. The van der Waals surface area contributed by atoms with Gasteiger partial charge in [-0.2, -0.15) is 13.2 Å². The average molecular weight is 337 g/mol. The first-order valence-electron chi connectivity index (χ1n) is 7.35. The van der Waals surface area contributed by atoms with Crippen LogP contribution in [-0.4, -0.2) is 11.5 Å². The van der Waals surface area contributed by atoms with Crippen molar-refractivity contribution in [1.82, 2.24) is 0 Å². The van der Waals surface area contributed by atoms with Crippen LogP contribution in [0.4, 0.5) is 13.2 Å². The molecule has 0 bridgehead atoms. The summed E-state index contributed by atoms with van der Waals surface area (Å²) in [4.78, 5) is 12.1. The number of rotatable bonds is 5. The van der Waals surface area contributed by atoms with Crippen LogP contribution >= 0.6 is 0 Å². The smallest absolute Gasteiger partial charge is 0.416 e. The quantitative estimate of drug-likeness (QED) is 0.846. The predicted molar refractivity (Wildman–Crippen MR) is 84.0 cm³/mol. The van der Waals surface area contributed by atoms with Crippen LogP contribution < -0.4 is 5.73 Å². The zero-order valence-corrected chi connectivity index (χ0v) is 13.1. The molecule has 2 N–H and O–H groups in total. The fourth-order valence-corrected chi connectivity index (χ4v) is 2.20. The SMILES string of the molecule is CC(N)(Cc1ccc(C(F)(F)F)cc1)C(=O)OCc1ccccc1. The number of hydrogen-bond acceptors (Lipinski definition) is 3. The van der Waals surface area contributed by atoms with Crippen molar-refractivity contribution < 1.29 is 22.7 Å². The lowest BCUT2D eigenvalue weighted by molar-refractivity contribution is -0.150. The third-order valence-corrected chi connectivity index (χ3v) is 3.53. The number of benzene rings is 2. The van der Waals surface area contributed by atoms with Crippen LogP contribution in [0, 0.1) is 0 Å². The number of nitrogens with two attached hydrogens (primary N) is 1. The number of halogens is 3. The number of alkyl halides is 3. The van der Waals surface area contributed by atoms with E-state index >= 15 is 0 Å². The van der Waals surface area contributed by atoms with Crippen molar-refractivity contribution in [2.24, 2.45) is 5.73 Å².